The number of rotatable bonds is 2. The molecular weight excluding hydrogens is 328 g/mol. The Labute approximate surface area is 141 Å². The lowest BCUT2D eigenvalue weighted by Crippen LogP contribution is -2.42. The predicted molar refractivity (Wildman–Crippen MR) is 91.9 cm³/mol. The maximum Gasteiger partial charge on any atom is 0.324 e. The molecule has 0 fully saturated rings. The first-order valence-electron chi connectivity index (χ1n) is 7.28. The van der Waals surface area contributed by atoms with Gasteiger partial charge in [-0.15, -0.1) is 21.5 Å². The van der Waals surface area contributed by atoms with Gasteiger partial charge in [-0.1, -0.05) is 41.7 Å². The zero-order valence-corrected chi connectivity index (χ0v) is 13.8. The number of benzene rings is 1. The van der Waals surface area contributed by atoms with Crippen molar-refractivity contribution in [1.29, 1.82) is 0 Å². The summed E-state index contributed by atoms with van der Waals surface area (Å²) in [4.78, 5) is 16.0. The number of urea groups is 1. The van der Waals surface area contributed by atoms with Crippen LogP contribution in [0.5, 0.6) is 0 Å². The van der Waals surface area contributed by atoms with E-state index in [1.165, 1.54) is 21.8 Å². The normalized spacial score (nSPS) is 16.9. The van der Waals surface area contributed by atoms with Gasteiger partial charge in [0.25, 0.3) is 0 Å². The zero-order chi connectivity index (χ0) is 15.6. The van der Waals surface area contributed by atoms with Crippen molar-refractivity contribution in [1.82, 2.24) is 15.1 Å². The van der Waals surface area contributed by atoms with E-state index in [1.54, 1.807) is 16.8 Å². The first-order chi connectivity index (χ1) is 11.3. The third-order valence-electron chi connectivity index (χ3n) is 3.92. The quantitative estimate of drug-likeness (QED) is 0.771. The number of aromatic nitrogens is 2. The highest BCUT2D eigenvalue weighted by atomic mass is 32.1. The van der Waals surface area contributed by atoms with E-state index < -0.39 is 0 Å². The fourth-order valence-corrected chi connectivity index (χ4v) is 4.26. The molecule has 5 nitrogen and oxygen atoms in total. The Kier molecular flexibility index (Phi) is 3.80. The third kappa shape index (κ3) is 2.73. The fourth-order valence-electron chi connectivity index (χ4n) is 2.92. The van der Waals surface area contributed by atoms with E-state index in [1.807, 2.05) is 23.1 Å². The van der Waals surface area contributed by atoms with Crippen molar-refractivity contribution in [2.24, 2.45) is 0 Å². The molecule has 0 saturated heterocycles. The third-order valence-corrected chi connectivity index (χ3v) is 5.52. The summed E-state index contributed by atoms with van der Waals surface area (Å²) in [6.45, 7) is 0.692. The summed E-state index contributed by atoms with van der Waals surface area (Å²) in [5.74, 6) is 0. The summed E-state index contributed by atoms with van der Waals surface area (Å²) in [5, 5.41) is 13.1. The Balaban J connectivity index is 1.69. The number of amides is 2. The van der Waals surface area contributed by atoms with E-state index in [9.17, 15) is 4.79 Å². The van der Waals surface area contributed by atoms with Gasteiger partial charge in [0.1, 0.15) is 5.51 Å². The predicted octanol–water partition coefficient (Wildman–Crippen LogP) is 3.78. The molecule has 0 radical (unpaired) electrons. The smallest absolute Gasteiger partial charge is 0.313 e. The van der Waals surface area contributed by atoms with E-state index in [2.05, 4.69) is 39.1 Å². The molecule has 0 aliphatic carbocycles. The molecule has 0 spiro atoms. The summed E-state index contributed by atoms with van der Waals surface area (Å²) >= 11 is 3.09. The van der Waals surface area contributed by atoms with Crippen LogP contribution in [-0.4, -0.2) is 27.7 Å². The highest BCUT2D eigenvalue weighted by molar-refractivity contribution is 7.13. The SMILES string of the molecule is O=C(Nc1nncs1)N1CCc2sccc2[C@@H]1c1ccccc1. The Bertz CT molecular complexity index is 801. The fraction of sp³-hybridized carbons (Fsp3) is 0.188. The zero-order valence-electron chi connectivity index (χ0n) is 12.2. The lowest BCUT2D eigenvalue weighted by Gasteiger charge is -2.36. The van der Waals surface area contributed by atoms with E-state index in [4.69, 9.17) is 0 Å². The molecule has 3 aromatic rings. The first-order valence-corrected chi connectivity index (χ1v) is 9.04. The number of thiophene rings is 1. The van der Waals surface area contributed by atoms with E-state index in [0.717, 1.165) is 12.0 Å². The molecule has 1 aliphatic heterocycles. The van der Waals surface area contributed by atoms with Gasteiger partial charge in [0.15, 0.2) is 0 Å². The topological polar surface area (TPSA) is 58.1 Å². The molecular formula is C16H14N4OS2. The molecule has 1 atom stereocenters. The molecule has 7 heteroatoms. The maximum absolute atomic E-state index is 12.7. The molecule has 1 aromatic carbocycles. The van der Waals surface area contributed by atoms with Crippen LogP contribution in [0.3, 0.4) is 0 Å². The van der Waals surface area contributed by atoms with Crippen LogP contribution >= 0.6 is 22.7 Å². The Hall–Kier alpha value is -2.25. The van der Waals surface area contributed by atoms with Crippen molar-refractivity contribution in [3.63, 3.8) is 0 Å². The Morgan fingerprint density at radius 3 is 2.87 bits per heavy atom. The Morgan fingerprint density at radius 2 is 2.09 bits per heavy atom. The van der Waals surface area contributed by atoms with E-state index >= 15 is 0 Å². The molecule has 1 N–H and O–H groups in total. The minimum absolute atomic E-state index is 0.0564. The second kappa shape index (κ2) is 6.10. The lowest BCUT2D eigenvalue weighted by atomic mass is 9.93. The molecule has 3 heterocycles. The van der Waals surface area contributed by atoms with Crippen molar-refractivity contribution in [2.75, 3.05) is 11.9 Å². The van der Waals surface area contributed by atoms with Crippen LogP contribution in [0.25, 0.3) is 0 Å². The van der Waals surface area contributed by atoms with Crippen molar-refractivity contribution in [3.05, 3.63) is 63.3 Å². The number of carbonyl (C=O) groups excluding carboxylic acids is 1. The molecule has 2 aromatic heterocycles. The number of carbonyl (C=O) groups is 1. The molecule has 0 unspecified atom stereocenters. The number of anilines is 1. The molecule has 2 amide bonds. The van der Waals surface area contributed by atoms with Crippen LogP contribution in [-0.2, 0) is 6.42 Å². The highest BCUT2D eigenvalue weighted by Crippen LogP contribution is 2.37. The van der Waals surface area contributed by atoms with Gasteiger partial charge in [0.05, 0.1) is 6.04 Å². The average Bonchev–Trinajstić information content (AvgIpc) is 3.25. The molecule has 0 saturated carbocycles. The molecule has 116 valence electrons. The molecule has 23 heavy (non-hydrogen) atoms. The van der Waals surface area contributed by atoms with Gasteiger partial charge in [0.2, 0.25) is 5.13 Å². The Morgan fingerprint density at radius 1 is 1.22 bits per heavy atom. The average molecular weight is 342 g/mol. The van der Waals surface area contributed by atoms with Crippen LogP contribution in [0.2, 0.25) is 0 Å². The van der Waals surface area contributed by atoms with Gasteiger partial charge in [-0.2, -0.15) is 0 Å². The van der Waals surface area contributed by atoms with Crippen LogP contribution in [0.15, 0.2) is 47.3 Å². The number of hydrogen-bond acceptors (Lipinski definition) is 5. The monoisotopic (exact) mass is 342 g/mol. The largest absolute Gasteiger partial charge is 0.324 e. The van der Waals surface area contributed by atoms with Gasteiger partial charge < -0.3 is 4.90 Å². The summed E-state index contributed by atoms with van der Waals surface area (Å²) in [6, 6.07) is 12.1. The van der Waals surface area contributed by atoms with Crippen LogP contribution in [0.4, 0.5) is 9.93 Å². The van der Waals surface area contributed by atoms with Crippen LogP contribution < -0.4 is 5.32 Å². The number of nitrogens with one attached hydrogen (secondary N) is 1. The van der Waals surface area contributed by atoms with Crippen LogP contribution in [0.1, 0.15) is 22.0 Å². The van der Waals surface area contributed by atoms with Crippen LogP contribution in [0, 0.1) is 0 Å². The summed E-state index contributed by atoms with van der Waals surface area (Å²) < 4.78 is 0. The minimum atomic E-state index is -0.132. The van der Waals surface area contributed by atoms with Gasteiger partial charge in [-0.05, 0) is 29.0 Å². The van der Waals surface area contributed by atoms with Crippen molar-refractivity contribution < 1.29 is 4.79 Å². The second-order valence-electron chi connectivity index (χ2n) is 5.23. The minimum Gasteiger partial charge on any atom is -0.313 e. The van der Waals surface area contributed by atoms with Gasteiger partial charge in [-0.25, -0.2) is 4.79 Å². The summed E-state index contributed by atoms with van der Waals surface area (Å²) in [6.07, 6.45) is 0.889. The number of fused-ring (bicyclic) bond motifs is 1. The van der Waals surface area contributed by atoms with Crippen molar-refractivity contribution in [3.8, 4) is 0 Å². The maximum atomic E-state index is 12.7. The van der Waals surface area contributed by atoms with Gasteiger partial charge >= 0.3 is 6.03 Å². The first kappa shape index (κ1) is 14.3. The molecule has 0 bridgehead atoms. The lowest BCUT2D eigenvalue weighted by molar-refractivity contribution is 0.194. The second-order valence-corrected chi connectivity index (χ2v) is 7.06. The number of hydrogen-bond donors (Lipinski definition) is 1. The summed E-state index contributed by atoms with van der Waals surface area (Å²) in [7, 11) is 0. The van der Waals surface area contributed by atoms with E-state index in [0.29, 0.717) is 11.7 Å². The molecule has 1 aliphatic rings. The molecule has 4 rings (SSSR count). The van der Waals surface area contributed by atoms with Gasteiger partial charge in [0, 0.05) is 11.4 Å². The van der Waals surface area contributed by atoms with E-state index in [-0.39, 0.29) is 12.1 Å². The summed E-state index contributed by atoms with van der Waals surface area (Å²) in [5.41, 5.74) is 3.96. The highest BCUT2D eigenvalue weighted by Gasteiger charge is 2.33. The number of nitrogens with zero attached hydrogens (tertiary/aromatic N) is 3. The van der Waals surface area contributed by atoms with Crippen molar-refractivity contribution in [2.45, 2.75) is 12.5 Å². The van der Waals surface area contributed by atoms with Gasteiger partial charge in [-0.3, -0.25) is 5.32 Å². The standard InChI is InChI=1S/C16H14N4OS2/c21-16(18-15-19-17-10-23-15)20-8-6-13-12(7-9-22-13)14(20)11-4-2-1-3-5-11/h1-5,7,9-10,14H,6,8H2,(H,18,19,21)/t14-/m0/s1. The van der Waals surface area contributed by atoms with Crippen molar-refractivity contribution >= 4 is 33.8 Å².